The quantitative estimate of drug-likeness (QED) is 0.781. The molecule has 2 rings (SSSR count). The smallest absolute Gasteiger partial charge is 0.408 e. The maximum Gasteiger partial charge on any atom is 0.417 e. The highest BCUT2D eigenvalue weighted by Gasteiger charge is 2.07. The zero-order chi connectivity index (χ0) is 10.8. The summed E-state index contributed by atoms with van der Waals surface area (Å²) in [7, 11) is 0. The summed E-state index contributed by atoms with van der Waals surface area (Å²) >= 11 is 0. The van der Waals surface area contributed by atoms with Crippen molar-refractivity contribution >= 4 is 22.7 Å². The highest BCUT2D eigenvalue weighted by atomic mass is 16.4. The number of aromatic amines is 1. The first-order valence-corrected chi connectivity index (χ1v) is 4.62. The molecule has 0 bridgehead atoms. The normalized spacial score (nSPS) is 10.5. The van der Waals surface area contributed by atoms with Crippen LogP contribution in [-0.4, -0.2) is 10.9 Å². The van der Waals surface area contributed by atoms with Crippen LogP contribution in [0.25, 0.3) is 11.1 Å². The van der Waals surface area contributed by atoms with Crippen LogP contribution >= 0.6 is 0 Å². The van der Waals surface area contributed by atoms with Crippen LogP contribution in [-0.2, 0) is 4.79 Å². The van der Waals surface area contributed by atoms with Crippen LogP contribution in [0.5, 0.6) is 0 Å². The van der Waals surface area contributed by atoms with Crippen LogP contribution in [0.15, 0.2) is 27.4 Å². The number of anilines is 1. The summed E-state index contributed by atoms with van der Waals surface area (Å²) < 4.78 is 4.86. The fourth-order valence-electron chi connectivity index (χ4n) is 1.32. The molecule has 0 atom stereocenters. The molecular weight excluding hydrogens is 196 g/mol. The van der Waals surface area contributed by atoms with E-state index in [4.69, 9.17) is 4.42 Å². The van der Waals surface area contributed by atoms with Gasteiger partial charge in [0.25, 0.3) is 0 Å². The number of carbonyl (C=O) groups is 1. The summed E-state index contributed by atoms with van der Waals surface area (Å²) in [5, 5.41) is 2.68. The van der Waals surface area contributed by atoms with E-state index < -0.39 is 5.76 Å². The van der Waals surface area contributed by atoms with E-state index in [1.165, 1.54) is 0 Å². The topological polar surface area (TPSA) is 75.1 Å². The Morgan fingerprint density at radius 2 is 2.33 bits per heavy atom. The number of para-hydroxylation sites is 1. The van der Waals surface area contributed by atoms with Crippen LogP contribution < -0.4 is 11.1 Å². The average Bonchev–Trinajstić information content (AvgIpc) is 2.59. The Hall–Kier alpha value is -2.04. The number of hydrogen-bond donors (Lipinski definition) is 2. The molecule has 0 aliphatic heterocycles. The zero-order valence-electron chi connectivity index (χ0n) is 8.16. The van der Waals surface area contributed by atoms with Crippen molar-refractivity contribution in [2.24, 2.45) is 0 Å². The van der Waals surface area contributed by atoms with Crippen LogP contribution in [0.4, 0.5) is 5.69 Å². The van der Waals surface area contributed by atoms with Crippen molar-refractivity contribution < 1.29 is 9.21 Å². The van der Waals surface area contributed by atoms with Crippen LogP contribution in [0.1, 0.15) is 13.3 Å². The van der Waals surface area contributed by atoms with Gasteiger partial charge in [0.2, 0.25) is 5.91 Å². The number of carbonyl (C=O) groups excluding carboxylic acids is 1. The van der Waals surface area contributed by atoms with Gasteiger partial charge >= 0.3 is 5.76 Å². The van der Waals surface area contributed by atoms with Crippen molar-refractivity contribution in [1.29, 1.82) is 0 Å². The van der Waals surface area contributed by atoms with Gasteiger partial charge in [0, 0.05) is 6.42 Å². The highest BCUT2D eigenvalue weighted by molar-refractivity contribution is 5.98. The lowest BCUT2D eigenvalue weighted by Crippen LogP contribution is -2.09. The zero-order valence-corrected chi connectivity index (χ0v) is 8.16. The third kappa shape index (κ3) is 1.76. The Kier molecular flexibility index (Phi) is 2.29. The molecule has 0 aliphatic rings. The van der Waals surface area contributed by atoms with E-state index in [-0.39, 0.29) is 5.91 Å². The number of oxazole rings is 1. The van der Waals surface area contributed by atoms with E-state index in [1.807, 2.05) is 0 Å². The van der Waals surface area contributed by atoms with E-state index >= 15 is 0 Å². The lowest BCUT2D eigenvalue weighted by atomic mass is 10.2. The molecule has 0 fully saturated rings. The summed E-state index contributed by atoms with van der Waals surface area (Å²) in [4.78, 5) is 24.7. The standard InChI is InChI=1S/C10H10N2O3/c1-2-8(13)11-6-4-3-5-7-9(6)12-10(14)15-7/h3-5H,2H2,1H3,(H,11,13)(H,12,14). The third-order valence-electron chi connectivity index (χ3n) is 2.05. The van der Waals surface area contributed by atoms with E-state index in [2.05, 4.69) is 10.3 Å². The minimum atomic E-state index is -0.525. The second-order valence-electron chi connectivity index (χ2n) is 3.09. The van der Waals surface area contributed by atoms with Gasteiger partial charge in [0.15, 0.2) is 5.58 Å². The van der Waals surface area contributed by atoms with Gasteiger partial charge in [-0.05, 0) is 12.1 Å². The first kappa shape index (κ1) is 9.51. The number of nitrogens with one attached hydrogen (secondary N) is 2. The number of H-pyrrole nitrogens is 1. The molecule has 78 valence electrons. The monoisotopic (exact) mass is 206 g/mol. The van der Waals surface area contributed by atoms with Crippen molar-refractivity contribution in [3.8, 4) is 0 Å². The summed E-state index contributed by atoms with van der Waals surface area (Å²) in [5.41, 5.74) is 1.52. The van der Waals surface area contributed by atoms with Crippen LogP contribution in [0, 0.1) is 0 Å². The van der Waals surface area contributed by atoms with Gasteiger partial charge in [-0.1, -0.05) is 13.0 Å². The first-order valence-electron chi connectivity index (χ1n) is 4.62. The Labute approximate surface area is 85.1 Å². The minimum Gasteiger partial charge on any atom is -0.408 e. The van der Waals surface area contributed by atoms with Gasteiger partial charge < -0.3 is 9.73 Å². The van der Waals surface area contributed by atoms with Crippen LogP contribution in [0.3, 0.4) is 0 Å². The Morgan fingerprint density at radius 3 is 3.07 bits per heavy atom. The van der Waals surface area contributed by atoms with Crippen molar-refractivity contribution in [2.75, 3.05) is 5.32 Å². The molecule has 1 heterocycles. The van der Waals surface area contributed by atoms with Crippen LogP contribution in [0.2, 0.25) is 0 Å². The largest absolute Gasteiger partial charge is 0.417 e. The van der Waals surface area contributed by atoms with Gasteiger partial charge in [0.1, 0.15) is 5.52 Å². The molecule has 2 N–H and O–H groups in total. The third-order valence-corrected chi connectivity index (χ3v) is 2.05. The summed E-state index contributed by atoms with van der Waals surface area (Å²) in [6.45, 7) is 1.76. The number of amides is 1. The van der Waals surface area contributed by atoms with E-state index in [9.17, 15) is 9.59 Å². The number of hydrogen-bond acceptors (Lipinski definition) is 3. The van der Waals surface area contributed by atoms with E-state index in [0.29, 0.717) is 23.2 Å². The summed E-state index contributed by atoms with van der Waals surface area (Å²) in [6, 6.07) is 5.08. The number of benzene rings is 1. The summed E-state index contributed by atoms with van der Waals surface area (Å²) in [6.07, 6.45) is 0.387. The fourth-order valence-corrected chi connectivity index (χ4v) is 1.32. The lowest BCUT2D eigenvalue weighted by Gasteiger charge is -2.02. The van der Waals surface area contributed by atoms with E-state index in [1.54, 1.807) is 25.1 Å². The van der Waals surface area contributed by atoms with Gasteiger partial charge in [-0.25, -0.2) is 4.79 Å². The molecule has 2 aromatic rings. The summed E-state index contributed by atoms with van der Waals surface area (Å²) in [5.74, 6) is -0.632. The number of fused-ring (bicyclic) bond motifs is 1. The average molecular weight is 206 g/mol. The highest BCUT2D eigenvalue weighted by Crippen LogP contribution is 2.19. The van der Waals surface area contributed by atoms with Crippen molar-refractivity contribution in [3.05, 3.63) is 28.7 Å². The Morgan fingerprint density at radius 1 is 1.53 bits per heavy atom. The predicted octanol–water partition coefficient (Wildman–Crippen LogP) is 1.47. The predicted molar refractivity (Wildman–Crippen MR) is 55.8 cm³/mol. The Balaban J connectivity index is 2.50. The van der Waals surface area contributed by atoms with Gasteiger partial charge in [-0.3, -0.25) is 9.78 Å². The van der Waals surface area contributed by atoms with Crippen molar-refractivity contribution in [3.63, 3.8) is 0 Å². The second-order valence-corrected chi connectivity index (χ2v) is 3.09. The molecular formula is C10H10N2O3. The molecule has 0 radical (unpaired) electrons. The molecule has 0 aliphatic carbocycles. The molecule has 0 unspecified atom stereocenters. The van der Waals surface area contributed by atoms with Gasteiger partial charge in [-0.2, -0.15) is 0 Å². The molecule has 0 saturated carbocycles. The molecule has 1 amide bonds. The first-order chi connectivity index (χ1) is 7.20. The van der Waals surface area contributed by atoms with Crippen molar-refractivity contribution in [2.45, 2.75) is 13.3 Å². The number of aromatic nitrogens is 1. The molecule has 1 aromatic carbocycles. The molecule has 0 saturated heterocycles. The second kappa shape index (κ2) is 3.61. The van der Waals surface area contributed by atoms with Gasteiger partial charge in [-0.15, -0.1) is 0 Å². The Bertz CT molecular complexity index is 553. The fraction of sp³-hybridized carbons (Fsp3) is 0.200. The molecule has 5 nitrogen and oxygen atoms in total. The molecule has 1 aromatic heterocycles. The SMILES string of the molecule is CCC(=O)Nc1cccc2oc(=O)[nH]c12. The molecule has 15 heavy (non-hydrogen) atoms. The molecule has 5 heteroatoms. The lowest BCUT2D eigenvalue weighted by molar-refractivity contribution is -0.115. The van der Waals surface area contributed by atoms with Gasteiger partial charge in [0.05, 0.1) is 5.69 Å². The van der Waals surface area contributed by atoms with Crippen molar-refractivity contribution in [1.82, 2.24) is 4.98 Å². The van der Waals surface area contributed by atoms with E-state index in [0.717, 1.165) is 0 Å². The maximum absolute atomic E-state index is 11.2. The minimum absolute atomic E-state index is 0.107. The number of rotatable bonds is 2. The molecule has 0 spiro atoms. The maximum atomic E-state index is 11.2.